The highest BCUT2D eigenvalue weighted by Gasteiger charge is 2.17. The SMILES string of the molecule is N#Cc1nnsc1N1CCOCC1. The number of aromatic nitrogens is 2. The second-order valence-corrected chi connectivity index (χ2v) is 3.37. The molecule has 1 aromatic heterocycles. The third-order valence-electron chi connectivity index (χ3n) is 1.87. The standard InChI is InChI=1S/C7H8N4OS/c8-5-6-7(13-10-9-6)11-1-3-12-4-2-11/h1-4H2. The lowest BCUT2D eigenvalue weighted by molar-refractivity contribution is 0.123. The third-order valence-corrected chi connectivity index (χ3v) is 2.66. The first-order valence-electron chi connectivity index (χ1n) is 3.97. The number of nitrogens with zero attached hydrogens (tertiary/aromatic N) is 4. The van der Waals surface area contributed by atoms with Crippen LogP contribution in [0.15, 0.2) is 0 Å². The Morgan fingerprint density at radius 1 is 1.46 bits per heavy atom. The second kappa shape index (κ2) is 3.68. The molecule has 0 bridgehead atoms. The lowest BCUT2D eigenvalue weighted by Gasteiger charge is -2.26. The summed E-state index contributed by atoms with van der Waals surface area (Å²) in [5.41, 5.74) is 0.423. The highest BCUT2D eigenvalue weighted by atomic mass is 32.1. The predicted molar refractivity (Wildman–Crippen MR) is 47.7 cm³/mol. The number of hydrogen-bond donors (Lipinski definition) is 0. The van der Waals surface area contributed by atoms with Crippen molar-refractivity contribution in [3.05, 3.63) is 5.69 Å². The summed E-state index contributed by atoms with van der Waals surface area (Å²) in [5.74, 6) is 0. The van der Waals surface area contributed by atoms with Gasteiger partial charge in [0, 0.05) is 24.6 Å². The fourth-order valence-corrected chi connectivity index (χ4v) is 1.90. The molecule has 0 unspecified atom stereocenters. The maximum absolute atomic E-state index is 8.73. The van der Waals surface area contributed by atoms with Crippen LogP contribution in [0.1, 0.15) is 5.69 Å². The van der Waals surface area contributed by atoms with Gasteiger partial charge in [0.1, 0.15) is 6.07 Å². The van der Waals surface area contributed by atoms with E-state index in [1.54, 1.807) is 0 Å². The van der Waals surface area contributed by atoms with Crippen LogP contribution in [0.4, 0.5) is 5.00 Å². The highest BCUT2D eigenvalue weighted by Crippen LogP contribution is 2.22. The zero-order valence-corrected chi connectivity index (χ0v) is 7.75. The van der Waals surface area contributed by atoms with Crippen LogP contribution in [-0.2, 0) is 4.74 Å². The molecule has 0 spiro atoms. The van der Waals surface area contributed by atoms with Crippen LogP contribution >= 0.6 is 11.5 Å². The van der Waals surface area contributed by atoms with Crippen LogP contribution < -0.4 is 4.90 Å². The zero-order valence-electron chi connectivity index (χ0n) is 6.93. The van der Waals surface area contributed by atoms with Crippen LogP contribution in [0.3, 0.4) is 0 Å². The normalized spacial score (nSPS) is 17.0. The van der Waals surface area contributed by atoms with E-state index in [0.29, 0.717) is 18.9 Å². The molecule has 2 heterocycles. The molecule has 2 rings (SSSR count). The average molecular weight is 196 g/mol. The van der Waals surface area contributed by atoms with Gasteiger partial charge in [-0.2, -0.15) is 5.26 Å². The van der Waals surface area contributed by atoms with Gasteiger partial charge in [-0.25, -0.2) is 0 Å². The van der Waals surface area contributed by atoms with Crippen LogP contribution in [-0.4, -0.2) is 35.9 Å². The van der Waals surface area contributed by atoms with Gasteiger partial charge in [0.05, 0.1) is 13.2 Å². The van der Waals surface area contributed by atoms with Crippen molar-refractivity contribution >= 4 is 16.5 Å². The quantitative estimate of drug-likeness (QED) is 0.644. The molecular weight excluding hydrogens is 188 g/mol. The minimum Gasteiger partial charge on any atom is -0.378 e. The molecule has 6 heteroatoms. The summed E-state index contributed by atoms with van der Waals surface area (Å²) >= 11 is 1.27. The van der Waals surface area contributed by atoms with Gasteiger partial charge >= 0.3 is 0 Å². The number of nitriles is 1. The van der Waals surface area contributed by atoms with E-state index in [4.69, 9.17) is 10.00 Å². The summed E-state index contributed by atoms with van der Waals surface area (Å²) in [6.45, 7) is 3.06. The second-order valence-electron chi connectivity index (χ2n) is 2.64. The Hall–Kier alpha value is -1.19. The molecule has 0 amide bonds. The number of ether oxygens (including phenoxy) is 1. The van der Waals surface area contributed by atoms with E-state index in [-0.39, 0.29) is 0 Å². The Labute approximate surface area is 79.7 Å². The van der Waals surface area contributed by atoms with Gasteiger partial charge < -0.3 is 9.64 Å². The van der Waals surface area contributed by atoms with Crippen LogP contribution in [0.2, 0.25) is 0 Å². The van der Waals surface area contributed by atoms with E-state index < -0.39 is 0 Å². The number of anilines is 1. The Morgan fingerprint density at radius 3 is 2.92 bits per heavy atom. The predicted octanol–water partition coefficient (Wildman–Crippen LogP) is 0.246. The lowest BCUT2D eigenvalue weighted by Crippen LogP contribution is -2.36. The van der Waals surface area contributed by atoms with Crippen molar-refractivity contribution in [2.75, 3.05) is 31.2 Å². The van der Waals surface area contributed by atoms with Gasteiger partial charge in [0.25, 0.3) is 0 Å². The summed E-state index contributed by atoms with van der Waals surface area (Å²) in [7, 11) is 0. The van der Waals surface area contributed by atoms with Crippen molar-refractivity contribution in [3.8, 4) is 6.07 Å². The van der Waals surface area contributed by atoms with Crippen molar-refractivity contribution < 1.29 is 4.74 Å². The van der Waals surface area contributed by atoms with Crippen LogP contribution in [0.25, 0.3) is 0 Å². The minimum atomic E-state index is 0.423. The van der Waals surface area contributed by atoms with Crippen molar-refractivity contribution in [1.29, 1.82) is 5.26 Å². The number of morpholine rings is 1. The molecule has 1 saturated heterocycles. The van der Waals surface area contributed by atoms with Crippen molar-refractivity contribution in [2.24, 2.45) is 0 Å². The van der Waals surface area contributed by atoms with E-state index in [1.165, 1.54) is 11.5 Å². The molecule has 1 aliphatic heterocycles. The molecule has 1 aliphatic rings. The Kier molecular flexibility index (Phi) is 2.38. The molecule has 1 aromatic rings. The smallest absolute Gasteiger partial charge is 0.199 e. The monoisotopic (exact) mass is 196 g/mol. The van der Waals surface area contributed by atoms with Crippen molar-refractivity contribution in [1.82, 2.24) is 9.59 Å². The summed E-state index contributed by atoms with van der Waals surface area (Å²) in [6.07, 6.45) is 0. The Balaban J connectivity index is 2.19. The fourth-order valence-electron chi connectivity index (χ4n) is 1.23. The topological polar surface area (TPSA) is 62.0 Å². The third kappa shape index (κ3) is 1.61. The van der Waals surface area contributed by atoms with E-state index in [2.05, 4.69) is 14.5 Å². The van der Waals surface area contributed by atoms with E-state index in [1.807, 2.05) is 6.07 Å². The molecule has 68 valence electrons. The van der Waals surface area contributed by atoms with Crippen LogP contribution in [0.5, 0.6) is 0 Å². The summed E-state index contributed by atoms with van der Waals surface area (Å²) in [4.78, 5) is 2.09. The number of rotatable bonds is 1. The zero-order chi connectivity index (χ0) is 9.10. The maximum Gasteiger partial charge on any atom is 0.199 e. The molecule has 0 atom stereocenters. The maximum atomic E-state index is 8.73. The first kappa shape index (κ1) is 8.41. The van der Waals surface area contributed by atoms with Crippen LogP contribution in [0, 0.1) is 11.3 Å². The molecular formula is C7H8N4OS. The Morgan fingerprint density at radius 2 is 2.23 bits per heavy atom. The van der Waals surface area contributed by atoms with Gasteiger partial charge in [0.15, 0.2) is 10.7 Å². The fraction of sp³-hybridized carbons (Fsp3) is 0.571. The molecule has 0 aromatic carbocycles. The summed E-state index contributed by atoms with van der Waals surface area (Å²) in [5, 5.41) is 13.3. The number of hydrogen-bond acceptors (Lipinski definition) is 6. The lowest BCUT2D eigenvalue weighted by atomic mass is 10.4. The van der Waals surface area contributed by atoms with Gasteiger partial charge in [0.2, 0.25) is 0 Å². The van der Waals surface area contributed by atoms with Gasteiger partial charge in [-0.3, -0.25) is 0 Å². The highest BCUT2D eigenvalue weighted by molar-refractivity contribution is 7.10. The van der Waals surface area contributed by atoms with Gasteiger partial charge in [-0.05, 0) is 0 Å². The average Bonchev–Trinajstić information content (AvgIpc) is 2.67. The molecule has 0 saturated carbocycles. The summed E-state index contributed by atoms with van der Waals surface area (Å²) < 4.78 is 8.97. The first-order valence-corrected chi connectivity index (χ1v) is 4.74. The minimum absolute atomic E-state index is 0.423. The van der Waals surface area contributed by atoms with Crippen molar-refractivity contribution in [2.45, 2.75) is 0 Å². The van der Waals surface area contributed by atoms with E-state index >= 15 is 0 Å². The van der Waals surface area contributed by atoms with Gasteiger partial charge in [-0.1, -0.05) is 4.49 Å². The molecule has 1 fully saturated rings. The Bertz CT molecular complexity index is 325. The molecule has 0 radical (unpaired) electrons. The molecule has 13 heavy (non-hydrogen) atoms. The van der Waals surface area contributed by atoms with Gasteiger partial charge in [-0.15, -0.1) is 5.10 Å². The van der Waals surface area contributed by atoms with Crippen molar-refractivity contribution in [3.63, 3.8) is 0 Å². The molecule has 5 nitrogen and oxygen atoms in total. The molecule has 0 aliphatic carbocycles. The van der Waals surface area contributed by atoms with E-state index in [0.717, 1.165) is 18.1 Å². The first-order chi connectivity index (χ1) is 6.42. The largest absolute Gasteiger partial charge is 0.378 e. The summed E-state index contributed by atoms with van der Waals surface area (Å²) in [6, 6.07) is 2.03. The van der Waals surface area contributed by atoms with E-state index in [9.17, 15) is 0 Å². The molecule has 0 N–H and O–H groups in total.